The van der Waals surface area contributed by atoms with Crippen LogP contribution in [0.1, 0.15) is 40.7 Å². The third-order valence-corrected chi connectivity index (χ3v) is 5.77. The van der Waals surface area contributed by atoms with Crippen molar-refractivity contribution in [2.24, 2.45) is 0 Å². The van der Waals surface area contributed by atoms with Crippen molar-refractivity contribution in [3.05, 3.63) is 65.2 Å². The lowest BCUT2D eigenvalue weighted by Gasteiger charge is -2.43. The van der Waals surface area contributed by atoms with Crippen molar-refractivity contribution >= 4 is 17.8 Å². The van der Waals surface area contributed by atoms with Gasteiger partial charge in [0.1, 0.15) is 17.1 Å². The first-order valence-electron chi connectivity index (χ1n) is 9.92. The average molecular weight is 391 g/mol. The summed E-state index contributed by atoms with van der Waals surface area (Å²) in [6.07, 6.45) is 5.12. The minimum atomic E-state index is -0.490. The molecule has 2 aromatic rings. The number of carbonyl (C=O) groups excluding carboxylic acids is 2. The standard InChI is InChI=1S/C24H25NO4/c1-17-3-9-22-20(15-17)21(26)16-24(29-22)11-13-25(14-12-24)23(27)10-6-18-4-7-19(28-2)8-5-18/h3-10,15H,11-14,16H2,1-2H3/b10-6+. The zero-order chi connectivity index (χ0) is 20.4. The highest BCUT2D eigenvalue weighted by atomic mass is 16.5. The summed E-state index contributed by atoms with van der Waals surface area (Å²) in [5.74, 6) is 1.57. The zero-order valence-corrected chi connectivity index (χ0v) is 16.8. The normalized spacial score (nSPS) is 17.9. The van der Waals surface area contributed by atoms with Crippen molar-refractivity contribution in [2.75, 3.05) is 20.2 Å². The summed E-state index contributed by atoms with van der Waals surface area (Å²) < 4.78 is 11.4. The van der Waals surface area contributed by atoms with E-state index in [2.05, 4.69) is 0 Å². The van der Waals surface area contributed by atoms with E-state index in [0.717, 1.165) is 16.9 Å². The van der Waals surface area contributed by atoms with Crippen molar-refractivity contribution in [3.8, 4) is 11.5 Å². The van der Waals surface area contributed by atoms with Gasteiger partial charge in [0, 0.05) is 32.0 Å². The molecule has 5 heteroatoms. The van der Waals surface area contributed by atoms with Gasteiger partial charge in [-0.25, -0.2) is 0 Å². The fourth-order valence-electron chi connectivity index (χ4n) is 4.01. The van der Waals surface area contributed by atoms with Crippen LogP contribution in [0, 0.1) is 6.92 Å². The molecule has 0 bridgehead atoms. The van der Waals surface area contributed by atoms with Gasteiger partial charge in [-0.2, -0.15) is 0 Å². The number of piperidine rings is 1. The molecule has 5 nitrogen and oxygen atoms in total. The van der Waals surface area contributed by atoms with Gasteiger partial charge in [-0.1, -0.05) is 23.8 Å². The largest absolute Gasteiger partial charge is 0.497 e. The number of likely N-dealkylation sites (tertiary alicyclic amines) is 1. The Labute approximate surface area is 170 Å². The Bertz CT molecular complexity index is 953. The van der Waals surface area contributed by atoms with Gasteiger partial charge in [0.05, 0.1) is 19.1 Å². The van der Waals surface area contributed by atoms with E-state index in [1.165, 1.54) is 0 Å². The van der Waals surface area contributed by atoms with Gasteiger partial charge >= 0.3 is 0 Å². The molecular formula is C24H25NO4. The van der Waals surface area contributed by atoms with Crippen molar-refractivity contribution in [3.63, 3.8) is 0 Å². The Morgan fingerprint density at radius 1 is 1.14 bits per heavy atom. The van der Waals surface area contributed by atoms with Crippen molar-refractivity contribution < 1.29 is 19.1 Å². The van der Waals surface area contributed by atoms with Crippen molar-refractivity contribution in [1.82, 2.24) is 4.90 Å². The zero-order valence-electron chi connectivity index (χ0n) is 16.8. The summed E-state index contributed by atoms with van der Waals surface area (Å²) in [5.41, 5.74) is 2.19. The first kappa shape index (κ1) is 19.2. The molecule has 0 saturated carbocycles. The Kier molecular flexibility index (Phi) is 5.14. The summed E-state index contributed by atoms with van der Waals surface area (Å²) in [6.45, 7) is 3.14. The smallest absolute Gasteiger partial charge is 0.246 e. The number of hydrogen-bond donors (Lipinski definition) is 0. The summed E-state index contributed by atoms with van der Waals surface area (Å²) >= 11 is 0. The molecule has 1 fully saturated rings. The number of fused-ring (bicyclic) bond motifs is 1. The topological polar surface area (TPSA) is 55.8 Å². The predicted octanol–water partition coefficient (Wildman–Crippen LogP) is 4.04. The number of hydrogen-bond acceptors (Lipinski definition) is 4. The molecule has 29 heavy (non-hydrogen) atoms. The van der Waals surface area contributed by atoms with Crippen LogP contribution in [0.5, 0.6) is 11.5 Å². The molecule has 2 aliphatic heterocycles. The quantitative estimate of drug-likeness (QED) is 0.741. The van der Waals surface area contributed by atoms with Crippen LogP contribution in [0.15, 0.2) is 48.5 Å². The number of rotatable bonds is 3. The van der Waals surface area contributed by atoms with Crippen LogP contribution in [0.25, 0.3) is 6.08 Å². The molecule has 0 atom stereocenters. The van der Waals surface area contributed by atoms with Gasteiger partial charge in [0.25, 0.3) is 0 Å². The van der Waals surface area contributed by atoms with Crippen molar-refractivity contribution in [2.45, 2.75) is 31.8 Å². The highest BCUT2D eigenvalue weighted by Crippen LogP contribution is 2.39. The van der Waals surface area contributed by atoms with Gasteiger partial charge in [-0.3, -0.25) is 9.59 Å². The van der Waals surface area contributed by atoms with Gasteiger partial charge in [0.15, 0.2) is 5.78 Å². The molecule has 150 valence electrons. The molecule has 0 unspecified atom stereocenters. The van der Waals surface area contributed by atoms with Crippen LogP contribution in [-0.2, 0) is 4.79 Å². The number of amides is 1. The fraction of sp³-hybridized carbons (Fsp3) is 0.333. The van der Waals surface area contributed by atoms with Gasteiger partial charge in [-0.15, -0.1) is 0 Å². The second kappa shape index (κ2) is 7.74. The van der Waals surface area contributed by atoms with E-state index in [4.69, 9.17) is 9.47 Å². The van der Waals surface area contributed by atoms with Gasteiger partial charge in [-0.05, 0) is 42.8 Å². The summed E-state index contributed by atoms with van der Waals surface area (Å²) in [4.78, 5) is 27.0. The Morgan fingerprint density at radius 3 is 2.55 bits per heavy atom. The first-order valence-corrected chi connectivity index (χ1v) is 9.92. The van der Waals surface area contributed by atoms with E-state index in [9.17, 15) is 9.59 Å². The van der Waals surface area contributed by atoms with E-state index in [1.807, 2.05) is 60.4 Å². The molecule has 2 aromatic carbocycles. The van der Waals surface area contributed by atoms with Crippen LogP contribution >= 0.6 is 0 Å². The third kappa shape index (κ3) is 4.04. The summed E-state index contributed by atoms with van der Waals surface area (Å²) in [7, 11) is 1.63. The molecular weight excluding hydrogens is 366 g/mol. The van der Waals surface area contributed by atoms with Crippen LogP contribution in [0.3, 0.4) is 0 Å². The lowest BCUT2D eigenvalue weighted by atomic mass is 9.82. The maximum atomic E-state index is 12.7. The Hall–Kier alpha value is -3.08. The Balaban J connectivity index is 1.38. The van der Waals surface area contributed by atoms with Gasteiger partial charge in [0.2, 0.25) is 5.91 Å². The Morgan fingerprint density at radius 2 is 1.86 bits per heavy atom. The summed E-state index contributed by atoms with van der Waals surface area (Å²) in [6, 6.07) is 13.3. The molecule has 1 spiro atoms. The highest BCUT2D eigenvalue weighted by Gasteiger charge is 2.43. The number of ether oxygens (including phenoxy) is 2. The number of benzene rings is 2. The SMILES string of the molecule is COc1ccc(/C=C/C(=O)N2CCC3(CC2)CC(=O)c2cc(C)ccc2O3)cc1. The van der Waals surface area contributed by atoms with Crippen LogP contribution < -0.4 is 9.47 Å². The number of carbonyl (C=O) groups is 2. The maximum Gasteiger partial charge on any atom is 0.246 e. The lowest BCUT2D eigenvalue weighted by Crippen LogP contribution is -2.52. The monoisotopic (exact) mass is 391 g/mol. The van der Waals surface area contributed by atoms with Crippen molar-refractivity contribution in [1.29, 1.82) is 0 Å². The van der Waals surface area contributed by atoms with Crippen LogP contribution in [0.2, 0.25) is 0 Å². The molecule has 1 saturated heterocycles. The number of ketones is 1. The predicted molar refractivity (Wildman–Crippen MR) is 111 cm³/mol. The molecule has 0 radical (unpaired) electrons. The van der Waals surface area contributed by atoms with Gasteiger partial charge < -0.3 is 14.4 Å². The van der Waals surface area contributed by atoms with E-state index in [1.54, 1.807) is 13.2 Å². The number of methoxy groups -OCH3 is 1. The average Bonchev–Trinajstić information content (AvgIpc) is 2.73. The third-order valence-electron chi connectivity index (χ3n) is 5.77. The van der Waals surface area contributed by atoms with E-state index in [-0.39, 0.29) is 11.7 Å². The highest BCUT2D eigenvalue weighted by molar-refractivity contribution is 6.00. The molecule has 1 amide bonds. The van der Waals surface area contributed by atoms with E-state index in [0.29, 0.717) is 43.7 Å². The first-order chi connectivity index (χ1) is 14.0. The summed E-state index contributed by atoms with van der Waals surface area (Å²) in [5, 5.41) is 0. The molecule has 2 heterocycles. The van der Waals surface area contributed by atoms with Crippen LogP contribution in [-0.4, -0.2) is 42.4 Å². The molecule has 2 aliphatic rings. The number of nitrogens with zero attached hydrogens (tertiary/aromatic N) is 1. The fourth-order valence-corrected chi connectivity index (χ4v) is 4.01. The molecule has 0 aliphatic carbocycles. The number of Topliss-reactive ketones (excluding diaryl/α,β-unsaturated/α-hetero) is 1. The second-order valence-corrected chi connectivity index (χ2v) is 7.82. The van der Waals surface area contributed by atoms with E-state index >= 15 is 0 Å². The maximum absolute atomic E-state index is 12.7. The minimum Gasteiger partial charge on any atom is -0.497 e. The molecule has 0 aromatic heterocycles. The van der Waals surface area contributed by atoms with Crippen LogP contribution in [0.4, 0.5) is 0 Å². The minimum absolute atomic E-state index is 0.0196. The lowest BCUT2D eigenvalue weighted by molar-refractivity contribution is -0.129. The number of aryl methyl sites for hydroxylation is 1. The molecule has 4 rings (SSSR count). The molecule has 0 N–H and O–H groups in total. The van der Waals surface area contributed by atoms with E-state index < -0.39 is 5.60 Å². The second-order valence-electron chi connectivity index (χ2n) is 7.82.